The van der Waals surface area contributed by atoms with Gasteiger partial charge in [0.05, 0.1) is 9.79 Å². The summed E-state index contributed by atoms with van der Waals surface area (Å²) in [5.41, 5.74) is 4.88. The standard InChI is InChI=1S/2C40H68O3S.Ba/c2*1-3-5-7-9-11-13-15-17-19-21-23-25-27-29-36-31-33-38-39(35-36)37(32-34-40(38)44(41,42)43)30-28-26-24-22-20-18-16-14-12-10-8-6-4-2;/h2*31-35H,3-30H2,1-2H3,(H,41,42,43);/q;;+2/p-2. The Bertz CT molecular complexity index is 2370. The van der Waals surface area contributed by atoms with Crippen LogP contribution < -0.4 is 0 Å². The largest absolute Gasteiger partial charge is 2.00 e. The predicted molar refractivity (Wildman–Crippen MR) is 387 cm³/mol. The molecule has 0 N–H and O–H groups in total. The molecular formula is C80H134BaO6S2. The number of aryl methyl sites for hydroxylation is 4. The fraction of sp³-hybridized carbons (Fsp3) is 0.750. The number of benzene rings is 4. The second-order valence-corrected chi connectivity index (χ2v) is 29.8. The molecule has 0 saturated heterocycles. The van der Waals surface area contributed by atoms with Crippen molar-refractivity contribution in [2.24, 2.45) is 0 Å². The third-order valence-electron chi connectivity index (χ3n) is 19.0. The molecule has 0 fully saturated rings. The molecule has 9 heteroatoms. The van der Waals surface area contributed by atoms with Crippen LogP contribution in [0.1, 0.15) is 384 Å². The van der Waals surface area contributed by atoms with E-state index in [0.717, 1.165) is 62.1 Å². The Morgan fingerprint density at radius 2 is 0.427 bits per heavy atom. The summed E-state index contributed by atoms with van der Waals surface area (Å²) < 4.78 is 71.9. The van der Waals surface area contributed by atoms with E-state index in [1.54, 1.807) is 0 Å². The molecule has 0 unspecified atom stereocenters. The minimum absolute atomic E-state index is 0. The average Bonchev–Trinajstić information content (AvgIpc) is 1.30. The molecule has 0 atom stereocenters. The van der Waals surface area contributed by atoms with Crippen LogP contribution in [-0.4, -0.2) is 74.8 Å². The number of hydrogen-bond donors (Lipinski definition) is 0. The summed E-state index contributed by atoms with van der Waals surface area (Å²) in [5, 5.41) is 3.13. The molecule has 0 amide bonds. The van der Waals surface area contributed by atoms with Gasteiger partial charge in [0, 0.05) is 0 Å². The zero-order valence-corrected chi connectivity index (χ0v) is 64.4. The van der Waals surface area contributed by atoms with Crippen LogP contribution in [0.3, 0.4) is 0 Å². The van der Waals surface area contributed by atoms with Gasteiger partial charge < -0.3 is 9.11 Å². The van der Waals surface area contributed by atoms with Crippen LogP contribution in [0.25, 0.3) is 21.5 Å². The summed E-state index contributed by atoms with van der Waals surface area (Å²) >= 11 is 0. The Kier molecular flexibility index (Phi) is 52.8. The molecule has 6 nitrogen and oxygen atoms in total. The summed E-state index contributed by atoms with van der Waals surface area (Å²) in [6, 6.07) is 19.0. The van der Waals surface area contributed by atoms with Crippen molar-refractivity contribution in [1.29, 1.82) is 0 Å². The minimum Gasteiger partial charge on any atom is -0.744 e. The first kappa shape index (κ1) is 83.9. The van der Waals surface area contributed by atoms with Crippen LogP contribution >= 0.6 is 0 Å². The third-order valence-corrected chi connectivity index (χ3v) is 20.8. The van der Waals surface area contributed by atoms with Crippen LogP contribution in [0.15, 0.2) is 70.5 Å². The maximum Gasteiger partial charge on any atom is 2.00 e. The van der Waals surface area contributed by atoms with E-state index in [0.29, 0.717) is 10.8 Å². The van der Waals surface area contributed by atoms with Crippen molar-refractivity contribution in [3.63, 3.8) is 0 Å². The SMILES string of the molecule is CCCCCCCCCCCCCCCc1ccc2c(S(=O)(=O)[O-])ccc(CCCCCCCCCCCCCCC)c2c1.CCCCCCCCCCCCCCCc1ccc2c(S(=O)(=O)[O-])ccc(CCCCCCCCCCCCCCC)c2c1.[Ba+2]. The molecule has 4 aromatic carbocycles. The van der Waals surface area contributed by atoms with Crippen LogP contribution in [0.4, 0.5) is 0 Å². The predicted octanol–water partition coefficient (Wildman–Crippen LogP) is 25.6. The molecule has 0 aliphatic carbocycles. The van der Waals surface area contributed by atoms with E-state index in [2.05, 4.69) is 39.8 Å². The van der Waals surface area contributed by atoms with Crippen molar-refractivity contribution in [3.05, 3.63) is 82.9 Å². The van der Waals surface area contributed by atoms with Gasteiger partial charge in [-0.25, -0.2) is 16.8 Å². The number of hydrogen-bond acceptors (Lipinski definition) is 6. The zero-order valence-electron chi connectivity index (χ0n) is 58.3. The quantitative estimate of drug-likeness (QED) is 0.0247. The van der Waals surface area contributed by atoms with Gasteiger partial charge in [-0.15, -0.1) is 0 Å². The van der Waals surface area contributed by atoms with Crippen molar-refractivity contribution in [1.82, 2.24) is 0 Å². The van der Waals surface area contributed by atoms with Crippen LogP contribution in [0, 0.1) is 0 Å². The van der Waals surface area contributed by atoms with Gasteiger partial charge in [-0.05, 0) is 107 Å². The van der Waals surface area contributed by atoms with E-state index in [4.69, 9.17) is 0 Å². The smallest absolute Gasteiger partial charge is 0.744 e. The van der Waals surface area contributed by atoms with Gasteiger partial charge in [-0.1, -0.05) is 384 Å². The third kappa shape index (κ3) is 41.4. The maximum atomic E-state index is 12.0. The fourth-order valence-electron chi connectivity index (χ4n) is 13.4. The van der Waals surface area contributed by atoms with Crippen molar-refractivity contribution in [2.45, 2.75) is 397 Å². The van der Waals surface area contributed by atoms with Crippen molar-refractivity contribution >= 4 is 90.7 Å². The van der Waals surface area contributed by atoms with Gasteiger partial charge >= 0.3 is 48.9 Å². The summed E-state index contributed by atoms with van der Waals surface area (Å²) in [5.74, 6) is 0. The monoisotopic (exact) mass is 1390 g/mol. The molecule has 0 bridgehead atoms. The topological polar surface area (TPSA) is 114 Å². The van der Waals surface area contributed by atoms with Crippen molar-refractivity contribution < 1.29 is 25.9 Å². The Morgan fingerprint density at radius 1 is 0.236 bits per heavy atom. The van der Waals surface area contributed by atoms with Gasteiger partial charge in [0.2, 0.25) is 0 Å². The Morgan fingerprint density at radius 3 is 0.629 bits per heavy atom. The van der Waals surface area contributed by atoms with Gasteiger partial charge in [-0.2, -0.15) is 0 Å². The van der Waals surface area contributed by atoms with E-state index in [9.17, 15) is 25.9 Å². The second-order valence-electron chi connectivity index (χ2n) is 27.1. The van der Waals surface area contributed by atoms with Gasteiger partial charge in [-0.3, -0.25) is 0 Å². The Hall–Kier alpha value is -1.21. The van der Waals surface area contributed by atoms with E-state index in [1.807, 2.05) is 36.4 Å². The maximum absolute atomic E-state index is 12.0. The Labute approximate surface area is 591 Å². The Balaban J connectivity index is 0.000000600. The molecule has 4 aromatic rings. The van der Waals surface area contributed by atoms with Gasteiger partial charge in [0.15, 0.2) is 0 Å². The molecule has 504 valence electrons. The molecule has 0 aromatic heterocycles. The van der Waals surface area contributed by atoms with Crippen molar-refractivity contribution in [3.8, 4) is 0 Å². The van der Waals surface area contributed by atoms with Crippen LogP contribution in [0.5, 0.6) is 0 Å². The molecule has 89 heavy (non-hydrogen) atoms. The fourth-order valence-corrected chi connectivity index (χ4v) is 14.8. The number of fused-ring (bicyclic) bond motifs is 2. The summed E-state index contributed by atoms with van der Waals surface area (Å²) in [6.07, 6.45) is 73.6. The van der Waals surface area contributed by atoms with E-state index >= 15 is 0 Å². The molecule has 0 saturated carbocycles. The average molecular weight is 1390 g/mol. The summed E-state index contributed by atoms with van der Waals surface area (Å²) in [4.78, 5) is -0.150. The minimum atomic E-state index is -4.50. The number of rotatable bonds is 58. The van der Waals surface area contributed by atoms with Gasteiger partial charge in [0.25, 0.3) is 0 Å². The number of unbranched alkanes of at least 4 members (excludes halogenated alkanes) is 48. The normalized spacial score (nSPS) is 11.8. The van der Waals surface area contributed by atoms with Crippen LogP contribution in [-0.2, 0) is 45.9 Å². The summed E-state index contributed by atoms with van der Waals surface area (Å²) in [7, 11) is -9.00. The zero-order chi connectivity index (χ0) is 63.4. The molecular weight excluding hydrogens is 1260 g/mol. The van der Waals surface area contributed by atoms with Crippen LogP contribution in [0.2, 0.25) is 0 Å². The molecule has 0 aliphatic heterocycles. The molecule has 0 heterocycles. The van der Waals surface area contributed by atoms with E-state index in [1.165, 1.54) is 343 Å². The molecule has 0 aliphatic rings. The summed E-state index contributed by atoms with van der Waals surface area (Å²) in [6.45, 7) is 9.10. The van der Waals surface area contributed by atoms with E-state index in [-0.39, 0.29) is 58.7 Å². The molecule has 0 spiro atoms. The molecule has 0 radical (unpaired) electrons. The van der Waals surface area contributed by atoms with E-state index < -0.39 is 20.2 Å². The van der Waals surface area contributed by atoms with Gasteiger partial charge in [0.1, 0.15) is 20.2 Å². The van der Waals surface area contributed by atoms with Crippen molar-refractivity contribution in [2.75, 3.05) is 0 Å². The molecule has 4 rings (SSSR count). The first-order chi connectivity index (χ1) is 42.9. The first-order valence-electron chi connectivity index (χ1n) is 37.9. The second kappa shape index (κ2) is 56.0. The first-order valence-corrected chi connectivity index (χ1v) is 40.8.